The van der Waals surface area contributed by atoms with Gasteiger partial charge in [0.15, 0.2) is 0 Å². The minimum Gasteiger partial charge on any atom is -0.497 e. The first-order valence-electron chi connectivity index (χ1n) is 13.0. The van der Waals surface area contributed by atoms with E-state index in [1.165, 1.54) is 19.3 Å². The lowest BCUT2D eigenvalue weighted by Gasteiger charge is -2.36. The molecule has 3 aromatic carbocycles. The van der Waals surface area contributed by atoms with Gasteiger partial charge in [-0.05, 0) is 60.3 Å². The molecule has 0 aliphatic heterocycles. The molecule has 0 aromatic heterocycles. The van der Waals surface area contributed by atoms with Gasteiger partial charge in [-0.2, -0.15) is 0 Å². The van der Waals surface area contributed by atoms with Crippen molar-refractivity contribution in [2.45, 2.75) is 56.7 Å². The SMILES string of the molecule is COc1ccc(C(OCC(O)CCCCCCCCN)(c2ccccc2)c2ccc(OC)cc2)cc1. The summed E-state index contributed by atoms with van der Waals surface area (Å²) in [5.41, 5.74) is 7.60. The van der Waals surface area contributed by atoms with Gasteiger partial charge in [-0.25, -0.2) is 0 Å². The Balaban J connectivity index is 1.86. The number of unbranched alkanes of at least 4 members (excludes halogenated alkanes) is 5. The molecule has 0 saturated heterocycles. The third kappa shape index (κ3) is 7.33. The van der Waals surface area contributed by atoms with Gasteiger partial charge in [0.25, 0.3) is 0 Å². The first kappa shape index (κ1) is 27.7. The van der Waals surface area contributed by atoms with Crippen molar-refractivity contribution in [1.29, 1.82) is 0 Å². The normalized spacial score (nSPS) is 12.3. The van der Waals surface area contributed by atoms with Gasteiger partial charge in [0.2, 0.25) is 0 Å². The zero-order valence-corrected chi connectivity index (χ0v) is 21.7. The van der Waals surface area contributed by atoms with Gasteiger partial charge in [0.05, 0.1) is 26.9 Å². The molecule has 0 bridgehead atoms. The third-order valence-corrected chi connectivity index (χ3v) is 6.66. The van der Waals surface area contributed by atoms with E-state index in [0.717, 1.165) is 54.0 Å². The molecule has 5 nitrogen and oxygen atoms in total. The van der Waals surface area contributed by atoms with E-state index in [4.69, 9.17) is 19.9 Å². The number of hydrogen-bond acceptors (Lipinski definition) is 5. The van der Waals surface area contributed by atoms with Gasteiger partial charge < -0.3 is 25.1 Å². The summed E-state index contributed by atoms with van der Waals surface area (Å²) in [5.74, 6) is 1.56. The van der Waals surface area contributed by atoms with Crippen LogP contribution in [0.25, 0.3) is 0 Å². The zero-order valence-electron chi connectivity index (χ0n) is 21.7. The summed E-state index contributed by atoms with van der Waals surface area (Å²) in [6.07, 6.45) is 6.93. The second-order valence-corrected chi connectivity index (χ2v) is 9.17. The smallest absolute Gasteiger partial charge is 0.143 e. The van der Waals surface area contributed by atoms with E-state index >= 15 is 0 Å². The molecule has 0 fully saturated rings. The molecular formula is C31H41NO4. The highest BCUT2D eigenvalue weighted by Gasteiger charge is 2.38. The standard InChI is InChI=1S/C31H41NO4/c1-34-29-19-15-26(16-20-29)31(25-12-8-7-9-13-25,27-17-21-30(35-2)22-18-27)36-24-28(33)14-10-5-3-4-6-11-23-32/h7-9,12-13,15-22,28,33H,3-6,10-11,14,23-24,32H2,1-2H3. The lowest BCUT2D eigenvalue weighted by Crippen LogP contribution is -2.35. The molecule has 0 aliphatic carbocycles. The van der Waals surface area contributed by atoms with E-state index in [1.54, 1.807) is 14.2 Å². The summed E-state index contributed by atoms with van der Waals surface area (Å²) < 4.78 is 17.6. The lowest BCUT2D eigenvalue weighted by molar-refractivity contribution is -0.0406. The fourth-order valence-electron chi connectivity index (χ4n) is 4.61. The number of benzene rings is 3. The average molecular weight is 492 g/mol. The molecule has 0 spiro atoms. The van der Waals surface area contributed by atoms with Crippen molar-refractivity contribution in [3.63, 3.8) is 0 Å². The molecule has 5 heteroatoms. The predicted molar refractivity (Wildman–Crippen MR) is 146 cm³/mol. The van der Waals surface area contributed by atoms with Crippen LogP contribution >= 0.6 is 0 Å². The second kappa shape index (κ2) is 14.6. The van der Waals surface area contributed by atoms with E-state index in [2.05, 4.69) is 12.1 Å². The molecule has 0 amide bonds. The molecule has 0 saturated carbocycles. The minimum atomic E-state index is -0.900. The first-order chi connectivity index (χ1) is 17.6. The van der Waals surface area contributed by atoms with E-state index in [0.29, 0.717) is 6.42 Å². The van der Waals surface area contributed by atoms with Crippen LogP contribution < -0.4 is 15.2 Å². The van der Waals surface area contributed by atoms with Crippen molar-refractivity contribution in [2.24, 2.45) is 5.73 Å². The maximum atomic E-state index is 10.9. The van der Waals surface area contributed by atoms with Crippen molar-refractivity contribution in [3.8, 4) is 11.5 Å². The van der Waals surface area contributed by atoms with Crippen molar-refractivity contribution < 1.29 is 19.3 Å². The van der Waals surface area contributed by atoms with Crippen molar-refractivity contribution >= 4 is 0 Å². The Labute approximate surface area is 216 Å². The molecule has 3 rings (SSSR count). The summed E-state index contributed by atoms with van der Waals surface area (Å²) in [7, 11) is 3.32. The average Bonchev–Trinajstić information content (AvgIpc) is 2.94. The van der Waals surface area contributed by atoms with Crippen molar-refractivity contribution in [3.05, 3.63) is 95.6 Å². The van der Waals surface area contributed by atoms with Crippen molar-refractivity contribution in [1.82, 2.24) is 0 Å². The Morgan fingerprint density at radius 3 is 1.64 bits per heavy atom. The Bertz CT molecular complexity index is 942. The van der Waals surface area contributed by atoms with Gasteiger partial charge in [-0.15, -0.1) is 0 Å². The number of methoxy groups -OCH3 is 2. The fraction of sp³-hybridized carbons (Fsp3) is 0.419. The Morgan fingerprint density at radius 2 is 1.14 bits per heavy atom. The third-order valence-electron chi connectivity index (χ3n) is 6.66. The topological polar surface area (TPSA) is 73.9 Å². The number of nitrogens with two attached hydrogens (primary N) is 1. The number of ether oxygens (including phenoxy) is 3. The molecule has 1 atom stereocenters. The molecule has 0 radical (unpaired) electrons. The monoisotopic (exact) mass is 491 g/mol. The number of aliphatic hydroxyl groups is 1. The molecule has 0 aliphatic rings. The van der Waals surface area contributed by atoms with Crippen LogP contribution in [0.5, 0.6) is 11.5 Å². The maximum Gasteiger partial charge on any atom is 0.143 e. The van der Waals surface area contributed by atoms with Crippen LogP contribution in [-0.4, -0.2) is 38.6 Å². The molecular weight excluding hydrogens is 450 g/mol. The van der Waals surface area contributed by atoms with Crippen LogP contribution in [0.15, 0.2) is 78.9 Å². The Morgan fingerprint density at radius 1 is 0.667 bits per heavy atom. The van der Waals surface area contributed by atoms with Crippen LogP contribution in [0.1, 0.15) is 61.6 Å². The van der Waals surface area contributed by atoms with Gasteiger partial charge in [0, 0.05) is 0 Å². The van der Waals surface area contributed by atoms with Crippen LogP contribution in [0.4, 0.5) is 0 Å². The highest BCUT2D eigenvalue weighted by Crippen LogP contribution is 2.41. The predicted octanol–water partition coefficient (Wildman–Crippen LogP) is 6.06. The largest absolute Gasteiger partial charge is 0.497 e. The maximum absolute atomic E-state index is 10.9. The van der Waals surface area contributed by atoms with Crippen molar-refractivity contribution in [2.75, 3.05) is 27.4 Å². The van der Waals surface area contributed by atoms with E-state index in [9.17, 15) is 5.11 Å². The van der Waals surface area contributed by atoms with Crippen LogP contribution in [0, 0.1) is 0 Å². The Hall–Kier alpha value is -2.86. The van der Waals surface area contributed by atoms with E-state index in [1.807, 2.05) is 66.7 Å². The van der Waals surface area contributed by atoms with Crippen LogP contribution in [-0.2, 0) is 10.3 Å². The lowest BCUT2D eigenvalue weighted by atomic mass is 9.80. The summed E-state index contributed by atoms with van der Waals surface area (Å²) >= 11 is 0. The minimum absolute atomic E-state index is 0.222. The molecule has 3 aromatic rings. The number of aliphatic hydroxyl groups excluding tert-OH is 1. The highest BCUT2D eigenvalue weighted by molar-refractivity contribution is 5.49. The van der Waals surface area contributed by atoms with Gasteiger partial charge >= 0.3 is 0 Å². The highest BCUT2D eigenvalue weighted by atomic mass is 16.5. The van der Waals surface area contributed by atoms with Gasteiger partial charge in [0.1, 0.15) is 17.1 Å². The quantitative estimate of drug-likeness (QED) is 0.188. The first-order valence-corrected chi connectivity index (χ1v) is 13.0. The fourth-order valence-corrected chi connectivity index (χ4v) is 4.61. The Kier molecular flexibility index (Phi) is 11.3. The summed E-state index contributed by atoms with van der Waals surface area (Å²) in [6, 6.07) is 26.1. The molecule has 0 heterocycles. The van der Waals surface area contributed by atoms with Gasteiger partial charge in [-0.3, -0.25) is 0 Å². The van der Waals surface area contributed by atoms with Crippen LogP contribution in [0.3, 0.4) is 0 Å². The molecule has 1 unspecified atom stereocenters. The summed E-state index contributed by atoms with van der Waals surface area (Å²) in [5, 5.41) is 10.9. The van der Waals surface area contributed by atoms with Crippen LogP contribution in [0.2, 0.25) is 0 Å². The molecule has 194 valence electrons. The van der Waals surface area contributed by atoms with Gasteiger partial charge in [-0.1, -0.05) is 86.7 Å². The number of rotatable bonds is 16. The number of hydrogen-bond donors (Lipinski definition) is 2. The van der Waals surface area contributed by atoms with E-state index < -0.39 is 11.7 Å². The summed E-state index contributed by atoms with van der Waals surface area (Å²) in [4.78, 5) is 0. The van der Waals surface area contributed by atoms with E-state index in [-0.39, 0.29) is 6.61 Å². The zero-order chi connectivity index (χ0) is 25.6. The molecule has 3 N–H and O–H groups in total. The molecule has 36 heavy (non-hydrogen) atoms. The summed E-state index contributed by atoms with van der Waals surface area (Å²) in [6.45, 7) is 0.988. The second-order valence-electron chi connectivity index (χ2n) is 9.17.